The highest BCUT2D eigenvalue weighted by Gasteiger charge is 2.08. The van der Waals surface area contributed by atoms with Crippen LogP contribution in [0.5, 0.6) is 0 Å². The van der Waals surface area contributed by atoms with Crippen LogP contribution in [0.15, 0.2) is 30.3 Å². The zero-order chi connectivity index (χ0) is 13.8. The standard InChI is InChI=1S/C12H12ClN3O2S/c13-12-4-2-9(19-12)5-6-15-11-3-1-8(16(17)18)7-10(11)14/h1-4,7,15H,5-6,14H2. The monoisotopic (exact) mass is 297 g/mol. The Kier molecular flexibility index (Phi) is 4.24. The van der Waals surface area contributed by atoms with E-state index in [0.29, 0.717) is 17.9 Å². The van der Waals surface area contributed by atoms with Crippen LogP contribution in [0.1, 0.15) is 4.88 Å². The van der Waals surface area contributed by atoms with Gasteiger partial charge in [0, 0.05) is 23.6 Å². The van der Waals surface area contributed by atoms with E-state index < -0.39 is 4.92 Å². The van der Waals surface area contributed by atoms with Crippen LogP contribution in [0.3, 0.4) is 0 Å². The number of non-ortho nitro benzene ring substituents is 1. The fourth-order valence-corrected chi connectivity index (χ4v) is 2.72. The number of hydrogen-bond donors (Lipinski definition) is 2. The minimum Gasteiger partial charge on any atom is -0.397 e. The van der Waals surface area contributed by atoms with Crippen molar-refractivity contribution < 1.29 is 4.92 Å². The van der Waals surface area contributed by atoms with Crippen molar-refractivity contribution in [3.63, 3.8) is 0 Å². The molecule has 0 unspecified atom stereocenters. The lowest BCUT2D eigenvalue weighted by atomic mass is 10.2. The van der Waals surface area contributed by atoms with E-state index in [1.165, 1.54) is 28.3 Å². The van der Waals surface area contributed by atoms with Gasteiger partial charge in [-0.05, 0) is 24.6 Å². The predicted octanol–water partition coefficient (Wildman–Crippen LogP) is 3.55. The van der Waals surface area contributed by atoms with E-state index in [4.69, 9.17) is 17.3 Å². The van der Waals surface area contributed by atoms with Crippen molar-refractivity contribution in [2.24, 2.45) is 0 Å². The molecule has 1 aromatic heterocycles. The summed E-state index contributed by atoms with van der Waals surface area (Å²) in [5.41, 5.74) is 6.83. The summed E-state index contributed by atoms with van der Waals surface area (Å²) >= 11 is 7.38. The first-order valence-electron chi connectivity index (χ1n) is 5.58. The molecule has 1 heterocycles. The third kappa shape index (κ3) is 3.59. The molecule has 0 bridgehead atoms. The number of nitrogens with zero attached hydrogens (tertiary/aromatic N) is 1. The van der Waals surface area contributed by atoms with Crippen molar-refractivity contribution in [1.82, 2.24) is 0 Å². The Morgan fingerprint density at radius 1 is 1.37 bits per heavy atom. The van der Waals surface area contributed by atoms with Crippen molar-refractivity contribution in [2.45, 2.75) is 6.42 Å². The van der Waals surface area contributed by atoms with Gasteiger partial charge < -0.3 is 11.1 Å². The predicted molar refractivity (Wildman–Crippen MR) is 79.0 cm³/mol. The molecule has 0 aliphatic heterocycles. The molecule has 2 rings (SSSR count). The van der Waals surface area contributed by atoms with E-state index in [0.717, 1.165) is 10.8 Å². The Morgan fingerprint density at radius 2 is 2.16 bits per heavy atom. The van der Waals surface area contributed by atoms with Crippen molar-refractivity contribution >= 4 is 40.0 Å². The Labute approximate surface area is 119 Å². The molecule has 0 aliphatic carbocycles. The van der Waals surface area contributed by atoms with Crippen molar-refractivity contribution in [3.8, 4) is 0 Å². The number of benzene rings is 1. The molecule has 0 saturated heterocycles. The number of rotatable bonds is 5. The Bertz CT molecular complexity index is 600. The Morgan fingerprint density at radius 3 is 2.74 bits per heavy atom. The molecular formula is C12H12ClN3O2S. The second-order valence-corrected chi connectivity index (χ2v) is 5.71. The molecule has 0 aliphatic rings. The highest BCUT2D eigenvalue weighted by atomic mass is 35.5. The third-order valence-electron chi connectivity index (χ3n) is 2.56. The van der Waals surface area contributed by atoms with Crippen LogP contribution in [0.4, 0.5) is 17.1 Å². The summed E-state index contributed by atoms with van der Waals surface area (Å²) in [5.74, 6) is 0. The molecule has 0 amide bonds. The van der Waals surface area contributed by atoms with Gasteiger partial charge in [0.05, 0.1) is 20.6 Å². The van der Waals surface area contributed by atoms with Gasteiger partial charge in [0.15, 0.2) is 0 Å². The van der Waals surface area contributed by atoms with Gasteiger partial charge in [0.2, 0.25) is 0 Å². The van der Waals surface area contributed by atoms with Crippen LogP contribution in [-0.2, 0) is 6.42 Å². The molecule has 7 heteroatoms. The summed E-state index contributed by atoms with van der Waals surface area (Å²) in [6, 6.07) is 8.25. The number of anilines is 2. The molecule has 1 aromatic carbocycles. The Hall–Kier alpha value is -1.79. The zero-order valence-electron chi connectivity index (χ0n) is 9.93. The first-order valence-corrected chi connectivity index (χ1v) is 6.77. The van der Waals surface area contributed by atoms with Gasteiger partial charge in [-0.1, -0.05) is 11.6 Å². The number of thiophene rings is 1. The fraction of sp³-hybridized carbons (Fsp3) is 0.167. The normalized spacial score (nSPS) is 10.4. The molecule has 3 N–H and O–H groups in total. The molecule has 0 saturated carbocycles. The van der Waals surface area contributed by atoms with E-state index in [1.807, 2.05) is 12.1 Å². The molecule has 2 aromatic rings. The van der Waals surface area contributed by atoms with Crippen LogP contribution < -0.4 is 11.1 Å². The number of halogens is 1. The summed E-state index contributed by atoms with van der Waals surface area (Å²) in [6.45, 7) is 0.693. The number of hydrogen-bond acceptors (Lipinski definition) is 5. The summed E-state index contributed by atoms with van der Waals surface area (Å²) < 4.78 is 0.768. The van der Waals surface area contributed by atoms with Crippen molar-refractivity contribution in [2.75, 3.05) is 17.6 Å². The van der Waals surface area contributed by atoms with Gasteiger partial charge in [-0.25, -0.2) is 0 Å². The largest absolute Gasteiger partial charge is 0.397 e. The highest BCUT2D eigenvalue weighted by Crippen LogP contribution is 2.25. The van der Waals surface area contributed by atoms with E-state index in [9.17, 15) is 10.1 Å². The second kappa shape index (κ2) is 5.90. The average Bonchev–Trinajstić information content (AvgIpc) is 2.77. The van der Waals surface area contributed by atoms with Gasteiger partial charge in [0.25, 0.3) is 5.69 Å². The maximum Gasteiger partial charge on any atom is 0.271 e. The van der Waals surface area contributed by atoms with Gasteiger partial charge in [0.1, 0.15) is 0 Å². The minimum absolute atomic E-state index is 0.00640. The van der Waals surface area contributed by atoms with Gasteiger partial charge in [-0.15, -0.1) is 11.3 Å². The van der Waals surface area contributed by atoms with Crippen molar-refractivity contribution in [1.29, 1.82) is 0 Å². The number of nitrogen functional groups attached to an aromatic ring is 1. The molecule has 19 heavy (non-hydrogen) atoms. The highest BCUT2D eigenvalue weighted by molar-refractivity contribution is 7.16. The van der Waals surface area contributed by atoms with Crippen LogP contribution >= 0.6 is 22.9 Å². The van der Waals surface area contributed by atoms with E-state index in [1.54, 1.807) is 6.07 Å². The van der Waals surface area contributed by atoms with Crippen LogP contribution in [0.2, 0.25) is 4.34 Å². The second-order valence-electron chi connectivity index (χ2n) is 3.91. The molecule has 5 nitrogen and oxygen atoms in total. The number of nitrogens with one attached hydrogen (secondary N) is 1. The van der Waals surface area contributed by atoms with Crippen LogP contribution in [0.25, 0.3) is 0 Å². The topological polar surface area (TPSA) is 81.2 Å². The van der Waals surface area contributed by atoms with Gasteiger partial charge >= 0.3 is 0 Å². The molecule has 100 valence electrons. The third-order valence-corrected chi connectivity index (χ3v) is 3.85. The summed E-state index contributed by atoms with van der Waals surface area (Å²) in [5, 5.41) is 13.7. The summed E-state index contributed by atoms with van der Waals surface area (Å²) in [4.78, 5) is 11.3. The van der Waals surface area contributed by atoms with E-state index in [2.05, 4.69) is 5.32 Å². The summed E-state index contributed by atoms with van der Waals surface area (Å²) in [7, 11) is 0. The maximum absolute atomic E-state index is 10.6. The quantitative estimate of drug-likeness (QED) is 0.502. The van der Waals surface area contributed by atoms with E-state index in [-0.39, 0.29) is 5.69 Å². The number of nitrogens with two attached hydrogens (primary N) is 1. The molecule has 0 fully saturated rings. The maximum atomic E-state index is 10.6. The van der Waals surface area contributed by atoms with E-state index >= 15 is 0 Å². The van der Waals surface area contributed by atoms with Crippen LogP contribution in [0, 0.1) is 10.1 Å². The number of nitro benzene ring substituents is 1. The lowest BCUT2D eigenvalue weighted by Gasteiger charge is -2.08. The van der Waals surface area contributed by atoms with Crippen molar-refractivity contribution in [3.05, 3.63) is 49.7 Å². The molecular weight excluding hydrogens is 286 g/mol. The van der Waals surface area contributed by atoms with Gasteiger partial charge in [-0.3, -0.25) is 10.1 Å². The van der Waals surface area contributed by atoms with Gasteiger partial charge in [-0.2, -0.15) is 0 Å². The number of nitro groups is 1. The van der Waals surface area contributed by atoms with Crippen LogP contribution in [-0.4, -0.2) is 11.5 Å². The molecule has 0 atom stereocenters. The molecule has 0 radical (unpaired) electrons. The first-order chi connectivity index (χ1) is 9.06. The summed E-state index contributed by atoms with van der Waals surface area (Å²) in [6.07, 6.45) is 0.827. The lowest BCUT2D eigenvalue weighted by molar-refractivity contribution is -0.384. The first kappa shape index (κ1) is 13.6. The minimum atomic E-state index is -0.464. The SMILES string of the molecule is Nc1cc([N+](=O)[O-])ccc1NCCc1ccc(Cl)s1. The zero-order valence-corrected chi connectivity index (χ0v) is 11.5. The Balaban J connectivity index is 1.94. The lowest BCUT2D eigenvalue weighted by Crippen LogP contribution is -2.06. The fourth-order valence-electron chi connectivity index (χ4n) is 1.63. The smallest absolute Gasteiger partial charge is 0.271 e. The average molecular weight is 298 g/mol. The molecule has 0 spiro atoms.